The van der Waals surface area contributed by atoms with Crippen molar-refractivity contribution in [1.29, 1.82) is 0 Å². The molecule has 0 saturated carbocycles. The molecule has 0 aliphatic rings. The number of fused-ring (bicyclic) bond motifs is 1. The highest BCUT2D eigenvalue weighted by Crippen LogP contribution is 2.15. The number of likely N-dealkylation sites (N-methyl/N-ethyl adjacent to an activating group) is 1. The zero-order chi connectivity index (χ0) is 13.1. The molecule has 1 aromatic heterocycles. The van der Waals surface area contributed by atoms with Gasteiger partial charge >= 0.3 is 0 Å². The van der Waals surface area contributed by atoms with E-state index in [-0.39, 0.29) is 17.4 Å². The molecule has 0 saturated heterocycles. The number of para-hydroxylation sites is 1. The highest BCUT2D eigenvalue weighted by Gasteiger charge is 2.16. The number of benzene rings is 1. The maximum Gasteiger partial charge on any atom is 0.256 e. The summed E-state index contributed by atoms with van der Waals surface area (Å²) in [4.78, 5) is 22.3. The number of nitrogens with two attached hydrogens (primary N) is 1. The van der Waals surface area contributed by atoms with E-state index in [0.29, 0.717) is 16.6 Å². The number of thiocarbonyl (C=S) groups is 1. The molecular weight excluding hydrogens is 248 g/mol. The Bertz CT molecular complexity index is 609. The van der Waals surface area contributed by atoms with Crippen molar-refractivity contribution in [1.82, 2.24) is 14.9 Å². The lowest BCUT2D eigenvalue weighted by atomic mass is 10.1. The van der Waals surface area contributed by atoms with Crippen LogP contribution in [0.5, 0.6) is 0 Å². The quantitative estimate of drug-likeness (QED) is 0.833. The molecule has 2 rings (SSSR count). The summed E-state index contributed by atoms with van der Waals surface area (Å²) in [5.74, 6) is -0.172. The summed E-state index contributed by atoms with van der Waals surface area (Å²) in [7, 11) is 1.65. The molecule has 6 heteroatoms. The minimum Gasteiger partial charge on any atom is -0.392 e. The molecule has 5 nitrogen and oxygen atoms in total. The second kappa shape index (κ2) is 5.05. The van der Waals surface area contributed by atoms with Crippen LogP contribution in [0.3, 0.4) is 0 Å². The van der Waals surface area contributed by atoms with Gasteiger partial charge in [0.2, 0.25) is 0 Å². The molecule has 0 fully saturated rings. The first kappa shape index (κ1) is 12.4. The van der Waals surface area contributed by atoms with Crippen LogP contribution in [0.1, 0.15) is 10.4 Å². The Morgan fingerprint density at radius 2 is 2.11 bits per heavy atom. The van der Waals surface area contributed by atoms with Crippen LogP contribution < -0.4 is 5.73 Å². The maximum atomic E-state index is 12.2. The fourth-order valence-corrected chi connectivity index (χ4v) is 1.87. The van der Waals surface area contributed by atoms with Gasteiger partial charge in [0.25, 0.3) is 5.91 Å². The second-order valence-corrected chi connectivity index (χ2v) is 4.38. The van der Waals surface area contributed by atoms with Gasteiger partial charge in [-0.05, 0) is 12.1 Å². The van der Waals surface area contributed by atoms with E-state index in [4.69, 9.17) is 18.0 Å². The summed E-state index contributed by atoms with van der Waals surface area (Å²) >= 11 is 4.79. The van der Waals surface area contributed by atoms with Crippen LogP contribution in [0.25, 0.3) is 11.0 Å². The summed E-state index contributed by atoms with van der Waals surface area (Å²) in [6.45, 7) is 0.241. The highest BCUT2D eigenvalue weighted by molar-refractivity contribution is 7.80. The van der Waals surface area contributed by atoms with E-state index in [1.807, 2.05) is 6.07 Å². The van der Waals surface area contributed by atoms with Crippen LogP contribution in [-0.4, -0.2) is 39.4 Å². The van der Waals surface area contributed by atoms with Gasteiger partial charge in [0.1, 0.15) is 5.52 Å². The molecule has 0 radical (unpaired) electrons. The van der Waals surface area contributed by atoms with Crippen molar-refractivity contribution in [2.45, 2.75) is 0 Å². The number of hydrogen-bond acceptors (Lipinski definition) is 4. The van der Waals surface area contributed by atoms with Crippen LogP contribution in [0, 0.1) is 0 Å². The molecular formula is C12H12N4OS. The first-order chi connectivity index (χ1) is 8.59. The summed E-state index contributed by atoms with van der Waals surface area (Å²) < 4.78 is 0. The third-order valence-corrected chi connectivity index (χ3v) is 2.60. The van der Waals surface area contributed by atoms with E-state index < -0.39 is 0 Å². The number of amides is 1. The third-order valence-electron chi connectivity index (χ3n) is 2.47. The van der Waals surface area contributed by atoms with Gasteiger partial charge in [0.15, 0.2) is 0 Å². The van der Waals surface area contributed by atoms with Crippen molar-refractivity contribution in [3.05, 3.63) is 36.2 Å². The van der Waals surface area contributed by atoms with E-state index in [2.05, 4.69) is 9.97 Å². The van der Waals surface area contributed by atoms with Gasteiger partial charge in [-0.3, -0.25) is 14.8 Å². The molecule has 2 N–H and O–H groups in total. The van der Waals surface area contributed by atoms with Crippen molar-refractivity contribution < 1.29 is 4.79 Å². The molecule has 0 atom stereocenters. The minimum absolute atomic E-state index is 0.172. The molecule has 0 aliphatic carbocycles. The van der Waals surface area contributed by atoms with Gasteiger partial charge in [-0.2, -0.15) is 0 Å². The predicted octanol–water partition coefficient (Wildman–Crippen LogP) is 0.988. The summed E-state index contributed by atoms with van der Waals surface area (Å²) in [6.07, 6.45) is 3.15. The van der Waals surface area contributed by atoms with Crippen LogP contribution in [-0.2, 0) is 0 Å². The number of rotatable bonds is 3. The SMILES string of the molecule is CN(CC(N)=S)C(=O)c1cccc2nccnc12. The highest BCUT2D eigenvalue weighted by atomic mass is 32.1. The molecule has 1 heterocycles. The Morgan fingerprint density at radius 1 is 1.39 bits per heavy atom. The molecule has 0 aliphatic heterocycles. The smallest absolute Gasteiger partial charge is 0.256 e. The predicted molar refractivity (Wildman–Crippen MR) is 73.3 cm³/mol. The number of carbonyl (C=O) groups excluding carboxylic acids is 1. The standard InChI is InChI=1S/C12H12N4OS/c1-16(7-10(13)18)12(17)8-3-2-4-9-11(8)15-6-5-14-9/h2-6H,7H2,1H3,(H2,13,18). The van der Waals surface area contributed by atoms with E-state index in [1.165, 1.54) is 4.90 Å². The van der Waals surface area contributed by atoms with Gasteiger partial charge in [-0.25, -0.2) is 0 Å². The lowest BCUT2D eigenvalue weighted by Crippen LogP contribution is -2.34. The van der Waals surface area contributed by atoms with Gasteiger partial charge in [0.05, 0.1) is 22.6 Å². The van der Waals surface area contributed by atoms with Crippen molar-refractivity contribution in [3.8, 4) is 0 Å². The van der Waals surface area contributed by atoms with Crippen LogP contribution in [0.2, 0.25) is 0 Å². The molecule has 2 aromatic rings. The first-order valence-corrected chi connectivity index (χ1v) is 5.74. The first-order valence-electron chi connectivity index (χ1n) is 5.33. The van der Waals surface area contributed by atoms with Gasteiger partial charge < -0.3 is 10.6 Å². The lowest BCUT2D eigenvalue weighted by molar-refractivity contribution is 0.0817. The second-order valence-electron chi connectivity index (χ2n) is 3.86. The molecule has 0 unspecified atom stereocenters. The monoisotopic (exact) mass is 260 g/mol. The minimum atomic E-state index is -0.172. The lowest BCUT2D eigenvalue weighted by Gasteiger charge is -2.16. The van der Waals surface area contributed by atoms with Crippen LogP contribution in [0.4, 0.5) is 0 Å². The molecule has 18 heavy (non-hydrogen) atoms. The Hall–Kier alpha value is -2.08. The molecule has 0 bridgehead atoms. The van der Waals surface area contributed by atoms with Gasteiger partial charge in [-0.15, -0.1) is 0 Å². The summed E-state index contributed by atoms with van der Waals surface area (Å²) in [5, 5.41) is 0. The fraction of sp³-hybridized carbons (Fsp3) is 0.167. The average molecular weight is 260 g/mol. The fourth-order valence-electron chi connectivity index (χ4n) is 1.68. The maximum absolute atomic E-state index is 12.2. The van der Waals surface area contributed by atoms with Crippen molar-refractivity contribution in [2.75, 3.05) is 13.6 Å². The topological polar surface area (TPSA) is 72.1 Å². The molecule has 1 amide bonds. The van der Waals surface area contributed by atoms with E-state index >= 15 is 0 Å². The van der Waals surface area contributed by atoms with E-state index in [0.717, 1.165) is 0 Å². The molecule has 92 valence electrons. The third kappa shape index (κ3) is 2.43. The Morgan fingerprint density at radius 3 is 2.83 bits per heavy atom. The summed E-state index contributed by atoms with van der Waals surface area (Å²) in [6, 6.07) is 5.31. The normalized spacial score (nSPS) is 10.3. The Balaban J connectivity index is 2.42. The van der Waals surface area contributed by atoms with Crippen molar-refractivity contribution in [2.24, 2.45) is 5.73 Å². The van der Waals surface area contributed by atoms with Crippen LogP contribution >= 0.6 is 12.2 Å². The Labute approximate surface area is 110 Å². The number of nitrogens with zero attached hydrogens (tertiary/aromatic N) is 3. The zero-order valence-corrected chi connectivity index (χ0v) is 10.6. The van der Waals surface area contributed by atoms with Crippen molar-refractivity contribution >= 4 is 34.1 Å². The van der Waals surface area contributed by atoms with Gasteiger partial charge in [0, 0.05) is 19.4 Å². The molecule has 1 aromatic carbocycles. The van der Waals surface area contributed by atoms with E-state index in [9.17, 15) is 4.79 Å². The van der Waals surface area contributed by atoms with E-state index in [1.54, 1.807) is 31.6 Å². The number of aromatic nitrogens is 2. The number of hydrogen-bond donors (Lipinski definition) is 1. The largest absolute Gasteiger partial charge is 0.392 e. The van der Waals surface area contributed by atoms with Crippen molar-refractivity contribution in [3.63, 3.8) is 0 Å². The zero-order valence-electron chi connectivity index (χ0n) is 9.83. The van der Waals surface area contributed by atoms with Gasteiger partial charge in [-0.1, -0.05) is 18.3 Å². The molecule has 0 spiro atoms. The average Bonchev–Trinajstić information content (AvgIpc) is 2.36. The number of carbonyl (C=O) groups is 1. The summed E-state index contributed by atoms with van der Waals surface area (Å²) in [5.41, 5.74) is 7.20. The van der Waals surface area contributed by atoms with Crippen LogP contribution in [0.15, 0.2) is 30.6 Å². The Kier molecular flexibility index (Phi) is 3.47.